The van der Waals surface area contributed by atoms with Gasteiger partial charge in [-0.25, -0.2) is 0 Å². The first-order valence-corrected chi connectivity index (χ1v) is 11.6. The van der Waals surface area contributed by atoms with Gasteiger partial charge in [-0.2, -0.15) is 0 Å². The van der Waals surface area contributed by atoms with Gasteiger partial charge in [-0.3, -0.25) is 14.5 Å². The third kappa shape index (κ3) is 5.43. The lowest BCUT2D eigenvalue weighted by molar-refractivity contribution is -0.134. The molecule has 0 saturated carbocycles. The van der Waals surface area contributed by atoms with Gasteiger partial charge in [0.1, 0.15) is 0 Å². The number of carbonyl (C=O) groups is 2. The van der Waals surface area contributed by atoms with Crippen molar-refractivity contribution in [3.05, 3.63) is 48.0 Å². The Morgan fingerprint density at radius 3 is 2.68 bits per heavy atom. The molecule has 1 atom stereocenters. The summed E-state index contributed by atoms with van der Waals surface area (Å²) in [5.74, 6) is -0.0571. The van der Waals surface area contributed by atoms with Crippen molar-refractivity contribution in [2.24, 2.45) is 0 Å². The lowest BCUT2D eigenvalue weighted by Gasteiger charge is -2.36. The molecule has 2 aliphatic rings. The number of piperazine rings is 1. The summed E-state index contributed by atoms with van der Waals surface area (Å²) in [6.45, 7) is 7.45. The van der Waals surface area contributed by atoms with Gasteiger partial charge < -0.3 is 15.5 Å². The Kier molecular flexibility index (Phi) is 7.20. The predicted octanol–water partition coefficient (Wildman–Crippen LogP) is 2.52. The van der Waals surface area contributed by atoms with Crippen molar-refractivity contribution in [3.63, 3.8) is 0 Å². The van der Waals surface area contributed by atoms with Gasteiger partial charge >= 0.3 is 0 Å². The molecule has 2 aromatic carbocycles. The zero-order valence-electron chi connectivity index (χ0n) is 18.5. The highest BCUT2D eigenvalue weighted by molar-refractivity contribution is 5.89. The molecule has 166 valence electrons. The summed E-state index contributed by atoms with van der Waals surface area (Å²) in [4.78, 5) is 30.1. The Balaban J connectivity index is 1.38. The van der Waals surface area contributed by atoms with Gasteiger partial charge in [0.25, 0.3) is 0 Å². The van der Waals surface area contributed by atoms with E-state index in [1.165, 1.54) is 22.8 Å². The van der Waals surface area contributed by atoms with Crippen LogP contribution in [0.25, 0.3) is 10.8 Å². The molecule has 31 heavy (non-hydrogen) atoms. The SMILES string of the molecule is CCCN1CCC(NC(=O)C[C@@H]2C(=O)NCCN2Cc2cccc3ccccc23)CC1. The summed E-state index contributed by atoms with van der Waals surface area (Å²) in [5.41, 5.74) is 1.20. The molecule has 6 nitrogen and oxygen atoms in total. The average Bonchev–Trinajstić information content (AvgIpc) is 2.78. The monoisotopic (exact) mass is 422 g/mol. The first-order valence-electron chi connectivity index (χ1n) is 11.6. The molecule has 2 saturated heterocycles. The molecule has 2 aromatic rings. The Hall–Kier alpha value is -2.44. The quantitative estimate of drug-likeness (QED) is 0.720. The topological polar surface area (TPSA) is 64.7 Å². The molecule has 0 radical (unpaired) electrons. The van der Waals surface area contributed by atoms with E-state index in [0.717, 1.165) is 39.0 Å². The second kappa shape index (κ2) is 10.2. The van der Waals surface area contributed by atoms with E-state index in [-0.39, 0.29) is 24.3 Å². The molecule has 2 fully saturated rings. The van der Waals surface area contributed by atoms with E-state index in [2.05, 4.69) is 57.7 Å². The highest BCUT2D eigenvalue weighted by Crippen LogP contribution is 2.22. The number of nitrogens with zero attached hydrogens (tertiary/aromatic N) is 2. The predicted molar refractivity (Wildman–Crippen MR) is 124 cm³/mol. The fourth-order valence-electron chi connectivity index (χ4n) is 4.90. The molecular weight excluding hydrogens is 388 g/mol. The summed E-state index contributed by atoms with van der Waals surface area (Å²) in [5, 5.41) is 8.54. The number of carbonyl (C=O) groups excluding carboxylic acids is 2. The van der Waals surface area contributed by atoms with Gasteiger partial charge in [0, 0.05) is 38.8 Å². The largest absolute Gasteiger partial charge is 0.353 e. The van der Waals surface area contributed by atoms with Crippen molar-refractivity contribution >= 4 is 22.6 Å². The van der Waals surface area contributed by atoms with E-state index in [0.29, 0.717) is 13.1 Å². The zero-order valence-corrected chi connectivity index (χ0v) is 18.5. The van der Waals surface area contributed by atoms with Crippen LogP contribution in [0.15, 0.2) is 42.5 Å². The minimum absolute atomic E-state index is 0.0149. The fourth-order valence-corrected chi connectivity index (χ4v) is 4.90. The van der Waals surface area contributed by atoms with Crippen LogP contribution in [0.1, 0.15) is 38.2 Å². The van der Waals surface area contributed by atoms with Crippen LogP contribution < -0.4 is 10.6 Å². The van der Waals surface area contributed by atoms with Gasteiger partial charge in [-0.05, 0) is 42.1 Å². The molecule has 0 spiro atoms. The normalized spacial score (nSPS) is 21.2. The lowest BCUT2D eigenvalue weighted by Crippen LogP contribution is -2.56. The number of piperidine rings is 1. The van der Waals surface area contributed by atoms with Gasteiger partial charge in [-0.15, -0.1) is 0 Å². The third-order valence-corrected chi connectivity index (χ3v) is 6.57. The maximum absolute atomic E-state index is 12.8. The van der Waals surface area contributed by atoms with Crippen LogP contribution in [-0.4, -0.2) is 66.4 Å². The lowest BCUT2D eigenvalue weighted by atomic mass is 10.0. The second-order valence-corrected chi connectivity index (χ2v) is 8.80. The number of benzene rings is 2. The minimum atomic E-state index is -0.423. The van der Waals surface area contributed by atoms with Crippen LogP contribution in [0.5, 0.6) is 0 Å². The molecule has 4 rings (SSSR count). The van der Waals surface area contributed by atoms with Crippen molar-refractivity contribution in [2.75, 3.05) is 32.7 Å². The standard InChI is InChI=1S/C25H34N4O2/c1-2-13-28-14-10-21(11-15-28)27-24(30)17-23-25(31)26-12-16-29(23)18-20-8-5-7-19-6-3-4-9-22(19)20/h3-9,21,23H,2,10-18H2,1H3,(H,26,31)(H,27,30)/t23-/m1/s1. The molecular formula is C25H34N4O2. The number of hydrogen-bond donors (Lipinski definition) is 2. The fraction of sp³-hybridized carbons (Fsp3) is 0.520. The van der Waals surface area contributed by atoms with Crippen LogP contribution in [0.3, 0.4) is 0 Å². The van der Waals surface area contributed by atoms with Crippen LogP contribution in [0.2, 0.25) is 0 Å². The van der Waals surface area contributed by atoms with E-state index in [9.17, 15) is 9.59 Å². The summed E-state index contributed by atoms with van der Waals surface area (Å²) in [7, 11) is 0. The van der Waals surface area contributed by atoms with Gasteiger partial charge in [0.05, 0.1) is 12.5 Å². The van der Waals surface area contributed by atoms with Crippen LogP contribution in [-0.2, 0) is 16.1 Å². The second-order valence-electron chi connectivity index (χ2n) is 8.80. The van der Waals surface area contributed by atoms with E-state index in [1.54, 1.807) is 0 Å². The van der Waals surface area contributed by atoms with E-state index in [1.807, 2.05) is 12.1 Å². The van der Waals surface area contributed by atoms with Crippen molar-refractivity contribution in [3.8, 4) is 0 Å². The van der Waals surface area contributed by atoms with Gasteiger partial charge in [-0.1, -0.05) is 49.4 Å². The first-order chi connectivity index (χ1) is 15.1. The smallest absolute Gasteiger partial charge is 0.237 e. The number of fused-ring (bicyclic) bond motifs is 1. The molecule has 2 N–H and O–H groups in total. The van der Waals surface area contributed by atoms with E-state index >= 15 is 0 Å². The molecule has 6 heteroatoms. The van der Waals surface area contributed by atoms with E-state index in [4.69, 9.17) is 0 Å². The van der Waals surface area contributed by atoms with Gasteiger partial charge in [0.15, 0.2) is 0 Å². The molecule has 0 aromatic heterocycles. The van der Waals surface area contributed by atoms with Crippen LogP contribution in [0.4, 0.5) is 0 Å². The van der Waals surface area contributed by atoms with E-state index < -0.39 is 6.04 Å². The highest BCUT2D eigenvalue weighted by atomic mass is 16.2. The maximum atomic E-state index is 12.8. The number of hydrogen-bond acceptors (Lipinski definition) is 4. The number of rotatable bonds is 7. The van der Waals surface area contributed by atoms with Crippen molar-refractivity contribution in [1.29, 1.82) is 0 Å². The maximum Gasteiger partial charge on any atom is 0.237 e. The summed E-state index contributed by atoms with van der Waals surface area (Å²) >= 11 is 0. The Bertz CT molecular complexity index is 902. The first kappa shape index (κ1) is 21.8. The Morgan fingerprint density at radius 2 is 1.87 bits per heavy atom. The van der Waals surface area contributed by atoms with Crippen molar-refractivity contribution in [1.82, 2.24) is 20.4 Å². The average molecular weight is 423 g/mol. The number of nitrogens with one attached hydrogen (secondary N) is 2. The Morgan fingerprint density at radius 1 is 1.10 bits per heavy atom. The molecule has 0 aliphatic carbocycles. The molecule has 0 bridgehead atoms. The third-order valence-electron chi connectivity index (χ3n) is 6.57. The van der Waals surface area contributed by atoms with Crippen molar-refractivity contribution in [2.45, 2.75) is 51.2 Å². The summed E-state index contributed by atoms with van der Waals surface area (Å²) in [6, 6.07) is 14.4. The summed E-state index contributed by atoms with van der Waals surface area (Å²) < 4.78 is 0. The molecule has 2 aliphatic heterocycles. The Labute approximate surface area is 185 Å². The zero-order chi connectivity index (χ0) is 21.6. The molecule has 2 amide bonds. The van der Waals surface area contributed by atoms with Crippen molar-refractivity contribution < 1.29 is 9.59 Å². The highest BCUT2D eigenvalue weighted by Gasteiger charge is 2.32. The molecule has 0 unspecified atom stereocenters. The number of amides is 2. The minimum Gasteiger partial charge on any atom is -0.353 e. The summed E-state index contributed by atoms with van der Waals surface area (Å²) in [6.07, 6.45) is 3.36. The van der Waals surface area contributed by atoms with Gasteiger partial charge in [0.2, 0.25) is 11.8 Å². The van der Waals surface area contributed by atoms with Crippen LogP contribution in [0, 0.1) is 0 Å². The van der Waals surface area contributed by atoms with Crippen LogP contribution >= 0.6 is 0 Å². The molecule has 2 heterocycles. The number of likely N-dealkylation sites (tertiary alicyclic amines) is 1.